The topological polar surface area (TPSA) is 77.8 Å². The van der Waals surface area contributed by atoms with Gasteiger partial charge < -0.3 is 10.2 Å². The van der Waals surface area contributed by atoms with Crippen LogP contribution in [0, 0.1) is 31.6 Å². The monoisotopic (exact) mass is 505 g/mol. The van der Waals surface area contributed by atoms with Gasteiger partial charge in [0, 0.05) is 24.9 Å². The van der Waals surface area contributed by atoms with Gasteiger partial charge in [0.25, 0.3) is 0 Å². The minimum absolute atomic E-state index is 0.0218. The number of nitrogens with zero attached hydrogens (tertiary/aromatic N) is 1. The summed E-state index contributed by atoms with van der Waals surface area (Å²) in [6, 6.07) is 14.6. The Morgan fingerprint density at radius 2 is 1.80 bits per heavy atom. The SMILES string of the molecule is Cc1sc(-c2ccccc2)cc1C1=CC2CC1(c1cc(CO)sc1C)C1C(=O)N(CCO)C(=O)C21. The fourth-order valence-corrected chi connectivity index (χ4v) is 8.79. The normalized spacial score (nSPS) is 27.1. The number of amides is 2. The minimum Gasteiger partial charge on any atom is -0.395 e. The van der Waals surface area contributed by atoms with Gasteiger partial charge in [-0.05, 0) is 60.6 Å². The maximum Gasteiger partial charge on any atom is 0.234 e. The van der Waals surface area contributed by atoms with Crippen LogP contribution in [0.1, 0.15) is 32.2 Å². The number of fused-ring (bicyclic) bond motifs is 5. The molecule has 4 atom stereocenters. The van der Waals surface area contributed by atoms with Crippen molar-refractivity contribution < 1.29 is 19.8 Å². The second kappa shape index (κ2) is 8.23. The number of aliphatic hydroxyl groups is 2. The molecule has 2 bridgehead atoms. The number of β-amino-alcohol motifs (C(OH)–C–C–N with tert-alkyl or cyclic N) is 1. The Labute approximate surface area is 212 Å². The number of thiophene rings is 2. The van der Waals surface area contributed by atoms with Crippen LogP contribution in [0.5, 0.6) is 0 Å². The maximum atomic E-state index is 13.8. The van der Waals surface area contributed by atoms with Gasteiger partial charge in [-0.15, -0.1) is 22.7 Å². The molecule has 7 heteroatoms. The Morgan fingerprint density at radius 1 is 1.03 bits per heavy atom. The molecule has 1 saturated heterocycles. The second-order valence-electron chi connectivity index (χ2n) is 9.76. The average Bonchev–Trinajstić information content (AvgIpc) is 3.64. The van der Waals surface area contributed by atoms with Gasteiger partial charge in [-0.1, -0.05) is 36.4 Å². The van der Waals surface area contributed by atoms with Crippen molar-refractivity contribution in [1.82, 2.24) is 4.90 Å². The van der Waals surface area contributed by atoms with Gasteiger partial charge in [0.1, 0.15) is 0 Å². The third-order valence-electron chi connectivity index (χ3n) is 8.05. The summed E-state index contributed by atoms with van der Waals surface area (Å²) in [5.74, 6) is -1.22. The van der Waals surface area contributed by atoms with Gasteiger partial charge in [-0.2, -0.15) is 0 Å². The van der Waals surface area contributed by atoms with Crippen LogP contribution >= 0.6 is 22.7 Å². The lowest BCUT2D eigenvalue weighted by Crippen LogP contribution is -2.40. The lowest BCUT2D eigenvalue weighted by molar-refractivity contribution is -0.141. The highest BCUT2D eigenvalue weighted by atomic mass is 32.1. The summed E-state index contributed by atoms with van der Waals surface area (Å²) in [5.41, 5.74) is 3.90. The van der Waals surface area contributed by atoms with Crippen molar-refractivity contribution in [2.75, 3.05) is 13.2 Å². The molecule has 3 heterocycles. The number of carbonyl (C=O) groups is 2. The second-order valence-corrected chi connectivity index (χ2v) is 12.4. The first-order valence-corrected chi connectivity index (χ1v) is 13.6. The van der Waals surface area contributed by atoms with Crippen molar-refractivity contribution in [1.29, 1.82) is 0 Å². The number of rotatable bonds is 6. The first-order valence-electron chi connectivity index (χ1n) is 12.0. The van der Waals surface area contributed by atoms with E-state index in [2.05, 4.69) is 38.1 Å². The molecule has 6 rings (SSSR count). The molecule has 2 fully saturated rings. The number of aliphatic hydroxyl groups excluding tert-OH is 2. The molecule has 1 aliphatic heterocycles. The Bertz CT molecular complexity index is 1370. The standard InChI is InChI=1S/C28H27NO4S2/c1-15-20(12-23(35-15)17-6-4-3-5-7-17)22-10-18-13-28(22,21-11-19(14-31)34-16(21)2)25-24(18)26(32)29(8-9-30)27(25)33/h3-7,10-12,18,24-25,30-31H,8-9,13-14H2,1-2H3. The van der Waals surface area contributed by atoms with E-state index in [9.17, 15) is 19.8 Å². The molecule has 2 amide bonds. The Morgan fingerprint density at radius 3 is 2.49 bits per heavy atom. The van der Waals surface area contributed by atoms with E-state index in [1.54, 1.807) is 22.7 Å². The zero-order chi connectivity index (χ0) is 24.5. The average molecular weight is 506 g/mol. The molecular formula is C28H27NO4S2. The summed E-state index contributed by atoms with van der Waals surface area (Å²) in [6.07, 6.45) is 2.97. The number of carbonyl (C=O) groups excluding carboxylic acids is 2. The highest BCUT2D eigenvalue weighted by molar-refractivity contribution is 7.15. The highest BCUT2D eigenvalue weighted by Crippen LogP contribution is 2.67. The number of aryl methyl sites for hydroxylation is 2. The summed E-state index contributed by atoms with van der Waals surface area (Å²) >= 11 is 3.31. The van der Waals surface area contributed by atoms with E-state index in [0.717, 1.165) is 38.4 Å². The predicted molar refractivity (Wildman–Crippen MR) is 138 cm³/mol. The van der Waals surface area contributed by atoms with Crippen LogP contribution in [0.3, 0.4) is 0 Å². The third-order valence-corrected chi connectivity index (χ3v) is 10.2. The van der Waals surface area contributed by atoms with Crippen molar-refractivity contribution in [3.63, 3.8) is 0 Å². The molecular weight excluding hydrogens is 478 g/mol. The van der Waals surface area contributed by atoms with Crippen LogP contribution < -0.4 is 0 Å². The number of benzene rings is 1. The van der Waals surface area contributed by atoms with Gasteiger partial charge in [-0.3, -0.25) is 14.5 Å². The fourth-order valence-electron chi connectivity index (χ4n) is 6.76. The van der Waals surface area contributed by atoms with Gasteiger partial charge in [0.2, 0.25) is 11.8 Å². The zero-order valence-corrected chi connectivity index (χ0v) is 21.3. The van der Waals surface area contributed by atoms with Crippen LogP contribution in [-0.2, 0) is 21.6 Å². The number of hydrogen-bond donors (Lipinski definition) is 2. The lowest BCUT2D eigenvalue weighted by Gasteiger charge is -2.37. The molecule has 1 saturated carbocycles. The summed E-state index contributed by atoms with van der Waals surface area (Å²) in [4.78, 5) is 32.7. The third kappa shape index (κ3) is 3.12. The summed E-state index contributed by atoms with van der Waals surface area (Å²) < 4.78 is 0. The van der Waals surface area contributed by atoms with E-state index < -0.39 is 11.3 Å². The van der Waals surface area contributed by atoms with Gasteiger partial charge in [-0.25, -0.2) is 0 Å². The van der Waals surface area contributed by atoms with Crippen LogP contribution in [0.15, 0.2) is 48.5 Å². The molecule has 2 N–H and O–H groups in total. The van der Waals surface area contributed by atoms with Gasteiger partial charge in [0.05, 0.1) is 31.6 Å². The molecule has 2 aliphatic carbocycles. The van der Waals surface area contributed by atoms with Crippen molar-refractivity contribution in [2.45, 2.75) is 32.3 Å². The Hall–Kier alpha value is -2.58. The fraction of sp³-hybridized carbons (Fsp3) is 0.357. The maximum absolute atomic E-state index is 13.8. The van der Waals surface area contributed by atoms with Crippen molar-refractivity contribution >= 4 is 40.1 Å². The Kier molecular flexibility index (Phi) is 5.38. The van der Waals surface area contributed by atoms with E-state index >= 15 is 0 Å². The van der Waals surface area contributed by atoms with Crippen LogP contribution in [0.4, 0.5) is 0 Å². The molecule has 4 unspecified atom stereocenters. The molecule has 2 aromatic heterocycles. The molecule has 5 nitrogen and oxygen atoms in total. The van der Waals surface area contributed by atoms with E-state index in [1.165, 1.54) is 14.7 Å². The summed E-state index contributed by atoms with van der Waals surface area (Å²) in [6.45, 7) is 3.95. The van der Waals surface area contributed by atoms with Gasteiger partial charge >= 0.3 is 0 Å². The van der Waals surface area contributed by atoms with Crippen LogP contribution in [0.2, 0.25) is 0 Å². The molecule has 3 aliphatic rings. The van der Waals surface area contributed by atoms with E-state index in [4.69, 9.17) is 0 Å². The molecule has 0 spiro atoms. The number of hydrogen-bond acceptors (Lipinski definition) is 6. The number of allylic oxidation sites excluding steroid dienone is 2. The highest BCUT2D eigenvalue weighted by Gasteiger charge is 2.69. The first-order chi connectivity index (χ1) is 16.9. The molecule has 180 valence electrons. The van der Waals surface area contributed by atoms with Crippen molar-refractivity contribution in [2.24, 2.45) is 17.8 Å². The van der Waals surface area contributed by atoms with Crippen LogP contribution in [-0.4, -0.2) is 40.1 Å². The summed E-state index contributed by atoms with van der Waals surface area (Å²) in [5, 5.41) is 19.4. The number of imide groups is 1. The first kappa shape index (κ1) is 22.9. The van der Waals surface area contributed by atoms with Crippen molar-refractivity contribution in [3.8, 4) is 10.4 Å². The van der Waals surface area contributed by atoms with Crippen LogP contribution in [0.25, 0.3) is 16.0 Å². The smallest absolute Gasteiger partial charge is 0.234 e. The molecule has 35 heavy (non-hydrogen) atoms. The molecule has 3 aromatic rings. The predicted octanol–water partition coefficient (Wildman–Crippen LogP) is 4.53. The van der Waals surface area contributed by atoms with E-state index in [0.29, 0.717) is 0 Å². The molecule has 1 aromatic carbocycles. The lowest BCUT2D eigenvalue weighted by atomic mass is 9.64. The minimum atomic E-state index is -0.611. The largest absolute Gasteiger partial charge is 0.395 e. The molecule has 0 radical (unpaired) electrons. The van der Waals surface area contributed by atoms with E-state index in [1.807, 2.05) is 24.3 Å². The zero-order valence-electron chi connectivity index (χ0n) is 19.7. The Balaban J connectivity index is 1.54. The van der Waals surface area contributed by atoms with Crippen molar-refractivity contribution in [3.05, 3.63) is 74.3 Å². The van der Waals surface area contributed by atoms with Gasteiger partial charge in [0.15, 0.2) is 0 Å². The number of likely N-dealkylation sites (tertiary alicyclic amines) is 1. The summed E-state index contributed by atoms with van der Waals surface area (Å²) in [7, 11) is 0. The quantitative estimate of drug-likeness (QED) is 0.483. The van der Waals surface area contributed by atoms with E-state index in [-0.39, 0.29) is 43.4 Å².